The van der Waals surface area contributed by atoms with Crippen LogP contribution in [0.1, 0.15) is 19.3 Å². The number of rotatable bonds is 4. The Labute approximate surface area is 76.9 Å². The highest BCUT2D eigenvalue weighted by molar-refractivity contribution is 5.67. The van der Waals surface area contributed by atoms with Gasteiger partial charge in [0.05, 0.1) is 13.1 Å². The maximum atomic E-state index is 12.5. The van der Waals surface area contributed by atoms with Gasteiger partial charge in [0.1, 0.15) is 0 Å². The number of carboxylic acid groups (broad SMARTS) is 1. The van der Waals surface area contributed by atoms with E-state index in [1.807, 2.05) is 0 Å². The molecule has 1 aliphatic heterocycles. The fourth-order valence-corrected chi connectivity index (χ4v) is 1.71. The van der Waals surface area contributed by atoms with E-state index in [1.54, 1.807) is 0 Å². The van der Waals surface area contributed by atoms with E-state index in [-0.39, 0.29) is 18.3 Å². The van der Waals surface area contributed by atoms with Crippen LogP contribution in [0.25, 0.3) is 0 Å². The number of ether oxygens (including phenoxy) is 1. The van der Waals surface area contributed by atoms with Crippen molar-refractivity contribution in [2.45, 2.75) is 19.3 Å². The third kappa shape index (κ3) is 3.30. The van der Waals surface area contributed by atoms with Gasteiger partial charge in [-0.3, -0.25) is 9.18 Å². The standard InChI is InChI=1S/C9H15FO3/c10-5-8(4-9(11)12)7-2-1-3-13-6-7/h7-8H,1-6H2,(H,11,12). The summed E-state index contributed by atoms with van der Waals surface area (Å²) in [4.78, 5) is 10.4. The smallest absolute Gasteiger partial charge is 0.303 e. The van der Waals surface area contributed by atoms with Gasteiger partial charge in [-0.15, -0.1) is 0 Å². The minimum atomic E-state index is -0.923. The first kappa shape index (κ1) is 10.4. The van der Waals surface area contributed by atoms with Gasteiger partial charge in [-0.2, -0.15) is 0 Å². The van der Waals surface area contributed by atoms with Crippen molar-refractivity contribution < 1.29 is 19.0 Å². The van der Waals surface area contributed by atoms with Gasteiger partial charge in [0.2, 0.25) is 0 Å². The molecule has 4 heteroatoms. The van der Waals surface area contributed by atoms with Crippen LogP contribution >= 0.6 is 0 Å². The number of alkyl halides is 1. The summed E-state index contributed by atoms with van der Waals surface area (Å²) in [6, 6.07) is 0. The van der Waals surface area contributed by atoms with Gasteiger partial charge in [-0.25, -0.2) is 0 Å². The molecule has 2 unspecified atom stereocenters. The summed E-state index contributed by atoms with van der Waals surface area (Å²) in [7, 11) is 0. The van der Waals surface area contributed by atoms with Gasteiger partial charge in [-0.05, 0) is 18.8 Å². The average molecular weight is 190 g/mol. The summed E-state index contributed by atoms with van der Waals surface area (Å²) in [5.41, 5.74) is 0. The van der Waals surface area contributed by atoms with Gasteiger partial charge < -0.3 is 9.84 Å². The highest BCUT2D eigenvalue weighted by Crippen LogP contribution is 2.25. The monoisotopic (exact) mass is 190 g/mol. The summed E-state index contributed by atoms with van der Waals surface area (Å²) in [5.74, 6) is -1.19. The summed E-state index contributed by atoms with van der Waals surface area (Å²) < 4.78 is 17.7. The van der Waals surface area contributed by atoms with Crippen molar-refractivity contribution in [1.82, 2.24) is 0 Å². The minimum absolute atomic E-state index is 0.0788. The number of aliphatic carboxylic acids is 1. The lowest BCUT2D eigenvalue weighted by Gasteiger charge is -2.27. The molecule has 13 heavy (non-hydrogen) atoms. The molecule has 0 saturated carbocycles. The fraction of sp³-hybridized carbons (Fsp3) is 0.889. The van der Waals surface area contributed by atoms with Crippen LogP contribution in [0.3, 0.4) is 0 Å². The molecular weight excluding hydrogens is 175 g/mol. The van der Waals surface area contributed by atoms with Gasteiger partial charge in [0.25, 0.3) is 0 Å². The summed E-state index contributed by atoms with van der Waals surface area (Å²) in [6.45, 7) is 0.685. The van der Waals surface area contributed by atoms with Crippen LogP contribution in [0.15, 0.2) is 0 Å². The summed E-state index contributed by atoms with van der Waals surface area (Å²) >= 11 is 0. The van der Waals surface area contributed by atoms with Crippen molar-refractivity contribution in [2.75, 3.05) is 19.9 Å². The molecule has 0 radical (unpaired) electrons. The lowest BCUT2D eigenvalue weighted by molar-refractivity contribution is -0.139. The first-order chi connectivity index (χ1) is 6.24. The first-order valence-electron chi connectivity index (χ1n) is 4.59. The van der Waals surface area contributed by atoms with Crippen LogP contribution in [-0.2, 0) is 9.53 Å². The molecule has 1 N–H and O–H groups in total. The highest BCUT2D eigenvalue weighted by Gasteiger charge is 2.26. The van der Waals surface area contributed by atoms with Crippen molar-refractivity contribution in [1.29, 1.82) is 0 Å². The topological polar surface area (TPSA) is 46.5 Å². The molecule has 1 heterocycles. The Morgan fingerprint density at radius 1 is 1.69 bits per heavy atom. The Balaban J connectivity index is 2.39. The molecule has 76 valence electrons. The maximum absolute atomic E-state index is 12.5. The largest absolute Gasteiger partial charge is 0.481 e. The Kier molecular flexibility index (Phi) is 4.15. The zero-order valence-corrected chi connectivity index (χ0v) is 7.54. The molecule has 0 amide bonds. The van der Waals surface area contributed by atoms with Gasteiger partial charge in [0, 0.05) is 19.1 Å². The Hall–Kier alpha value is -0.640. The zero-order chi connectivity index (χ0) is 9.68. The molecule has 0 aromatic rings. The highest BCUT2D eigenvalue weighted by atomic mass is 19.1. The molecule has 0 aromatic carbocycles. The van der Waals surface area contributed by atoms with E-state index in [9.17, 15) is 9.18 Å². The van der Waals surface area contributed by atoms with E-state index in [4.69, 9.17) is 9.84 Å². The number of halogens is 1. The summed E-state index contributed by atoms with van der Waals surface area (Å²) in [6.07, 6.45) is 1.73. The molecule has 1 aliphatic rings. The maximum Gasteiger partial charge on any atom is 0.303 e. The van der Waals surface area contributed by atoms with Gasteiger partial charge >= 0.3 is 5.97 Å². The lowest BCUT2D eigenvalue weighted by atomic mass is 9.86. The van der Waals surface area contributed by atoms with Crippen molar-refractivity contribution in [3.05, 3.63) is 0 Å². The molecule has 3 nitrogen and oxygen atoms in total. The van der Waals surface area contributed by atoms with Crippen molar-refractivity contribution in [3.8, 4) is 0 Å². The molecule has 1 rings (SSSR count). The molecule has 0 bridgehead atoms. The predicted octanol–water partition coefficient (Wildman–Crippen LogP) is 1.47. The molecule has 0 aliphatic carbocycles. The number of hydrogen-bond donors (Lipinski definition) is 1. The second-order valence-electron chi connectivity index (χ2n) is 3.49. The molecule has 0 aromatic heterocycles. The minimum Gasteiger partial charge on any atom is -0.481 e. The third-order valence-corrected chi connectivity index (χ3v) is 2.50. The first-order valence-corrected chi connectivity index (χ1v) is 4.59. The Morgan fingerprint density at radius 2 is 2.46 bits per heavy atom. The number of carbonyl (C=O) groups is 1. The SMILES string of the molecule is O=C(O)CC(CF)C1CCCOC1. The van der Waals surface area contributed by atoms with Crippen LogP contribution in [0.5, 0.6) is 0 Å². The predicted molar refractivity (Wildman–Crippen MR) is 45.3 cm³/mol. The van der Waals surface area contributed by atoms with Crippen molar-refractivity contribution in [3.63, 3.8) is 0 Å². The van der Waals surface area contributed by atoms with Crippen LogP contribution in [0.2, 0.25) is 0 Å². The van der Waals surface area contributed by atoms with Crippen molar-refractivity contribution in [2.24, 2.45) is 11.8 Å². The molecule has 0 spiro atoms. The van der Waals surface area contributed by atoms with Gasteiger partial charge in [0.15, 0.2) is 0 Å². The molecule has 1 fully saturated rings. The molecule has 2 atom stereocenters. The quantitative estimate of drug-likeness (QED) is 0.730. The Morgan fingerprint density at radius 3 is 2.92 bits per heavy atom. The normalized spacial score (nSPS) is 25.5. The second-order valence-corrected chi connectivity index (χ2v) is 3.49. The zero-order valence-electron chi connectivity index (χ0n) is 7.54. The van der Waals surface area contributed by atoms with E-state index in [0.717, 1.165) is 19.4 Å². The third-order valence-electron chi connectivity index (χ3n) is 2.50. The van der Waals surface area contributed by atoms with E-state index in [2.05, 4.69) is 0 Å². The van der Waals surface area contributed by atoms with E-state index in [1.165, 1.54) is 0 Å². The van der Waals surface area contributed by atoms with Crippen LogP contribution in [0, 0.1) is 11.8 Å². The van der Waals surface area contributed by atoms with Crippen LogP contribution in [-0.4, -0.2) is 31.0 Å². The van der Waals surface area contributed by atoms with E-state index >= 15 is 0 Å². The van der Waals surface area contributed by atoms with E-state index < -0.39 is 12.6 Å². The van der Waals surface area contributed by atoms with E-state index in [0.29, 0.717) is 6.61 Å². The summed E-state index contributed by atoms with van der Waals surface area (Å²) in [5, 5.41) is 8.54. The Bertz CT molecular complexity index is 166. The number of hydrogen-bond acceptors (Lipinski definition) is 2. The van der Waals surface area contributed by atoms with Crippen LogP contribution in [0.4, 0.5) is 4.39 Å². The second kappa shape index (κ2) is 5.17. The molecular formula is C9H15FO3. The van der Waals surface area contributed by atoms with Crippen molar-refractivity contribution >= 4 is 5.97 Å². The molecule has 1 saturated heterocycles. The average Bonchev–Trinajstić information content (AvgIpc) is 2.15. The number of carboxylic acids is 1. The fourth-order valence-electron chi connectivity index (χ4n) is 1.71. The van der Waals surface area contributed by atoms with Crippen LogP contribution < -0.4 is 0 Å². The lowest BCUT2D eigenvalue weighted by Crippen LogP contribution is -2.28. The van der Waals surface area contributed by atoms with Gasteiger partial charge in [-0.1, -0.05) is 0 Å².